The Morgan fingerprint density at radius 2 is 1.67 bits per heavy atom. The van der Waals surface area contributed by atoms with Crippen LogP contribution in [0.4, 0.5) is 8.78 Å². The fourth-order valence-corrected chi connectivity index (χ4v) is 3.60. The van der Waals surface area contributed by atoms with E-state index in [4.69, 9.17) is 0 Å². The van der Waals surface area contributed by atoms with Crippen molar-refractivity contribution in [3.05, 3.63) is 35.4 Å². The molecule has 0 aliphatic rings. The van der Waals surface area contributed by atoms with E-state index in [0.717, 1.165) is 25.9 Å². The number of hydrogen-bond donors (Lipinski definition) is 1. The van der Waals surface area contributed by atoms with Crippen LogP contribution in [-0.4, -0.2) is 30.6 Å². The molecule has 0 fully saturated rings. The van der Waals surface area contributed by atoms with E-state index in [2.05, 4.69) is 37.9 Å². The topological polar surface area (TPSA) is 15.3 Å². The Bertz CT molecular complexity index is 440. The molecule has 1 rings (SSSR count). The summed E-state index contributed by atoms with van der Waals surface area (Å²) in [6.45, 7) is 10.2. The Labute approximate surface area is 127 Å². The molecule has 0 amide bonds. The first-order valence-corrected chi connectivity index (χ1v) is 7.88. The molecule has 0 bridgehead atoms. The summed E-state index contributed by atoms with van der Waals surface area (Å²) in [5.41, 5.74) is 0.181. The Morgan fingerprint density at radius 1 is 1.10 bits per heavy atom. The van der Waals surface area contributed by atoms with Crippen LogP contribution < -0.4 is 5.32 Å². The van der Waals surface area contributed by atoms with Gasteiger partial charge in [-0.15, -0.1) is 0 Å². The van der Waals surface area contributed by atoms with E-state index in [1.165, 1.54) is 6.07 Å². The molecule has 0 aromatic heterocycles. The van der Waals surface area contributed by atoms with E-state index in [-0.39, 0.29) is 11.6 Å². The predicted octanol–water partition coefficient (Wildman–Crippen LogP) is 4.13. The molecule has 0 spiro atoms. The highest BCUT2D eigenvalue weighted by Crippen LogP contribution is 2.38. The third-order valence-electron chi connectivity index (χ3n) is 4.74. The predicted molar refractivity (Wildman–Crippen MR) is 84.4 cm³/mol. The Balaban J connectivity index is 3.41. The molecule has 0 aliphatic heterocycles. The maximum atomic E-state index is 14.3. The van der Waals surface area contributed by atoms with Gasteiger partial charge in [-0.05, 0) is 39.0 Å². The molecule has 120 valence electrons. The van der Waals surface area contributed by atoms with Gasteiger partial charge in [0.05, 0.1) is 6.04 Å². The van der Waals surface area contributed by atoms with Gasteiger partial charge in [0.15, 0.2) is 11.6 Å². The minimum atomic E-state index is -0.784. The molecular formula is C17H28F2N2. The lowest BCUT2D eigenvalue weighted by Gasteiger charge is -2.48. The summed E-state index contributed by atoms with van der Waals surface area (Å²) in [5.74, 6) is -1.52. The second-order valence-corrected chi connectivity index (χ2v) is 5.35. The van der Waals surface area contributed by atoms with E-state index in [0.29, 0.717) is 5.56 Å². The number of likely N-dealkylation sites (N-methyl/N-ethyl adjacent to an activating group) is 2. The maximum Gasteiger partial charge on any atom is 0.163 e. The summed E-state index contributed by atoms with van der Waals surface area (Å²) in [5, 5.41) is 3.23. The molecule has 0 radical (unpaired) electrons. The average Bonchev–Trinajstić information content (AvgIpc) is 2.51. The third kappa shape index (κ3) is 3.27. The molecule has 1 aromatic carbocycles. The van der Waals surface area contributed by atoms with Crippen LogP contribution in [0.15, 0.2) is 18.2 Å². The van der Waals surface area contributed by atoms with Crippen LogP contribution in [-0.2, 0) is 0 Å². The molecule has 0 saturated carbocycles. The van der Waals surface area contributed by atoms with Crippen molar-refractivity contribution in [2.45, 2.75) is 52.1 Å². The van der Waals surface area contributed by atoms with Gasteiger partial charge in [-0.25, -0.2) is 8.78 Å². The van der Waals surface area contributed by atoms with Crippen LogP contribution >= 0.6 is 0 Å². The number of nitrogens with zero attached hydrogens (tertiary/aromatic N) is 1. The summed E-state index contributed by atoms with van der Waals surface area (Å²) in [7, 11) is 1.82. The van der Waals surface area contributed by atoms with Crippen molar-refractivity contribution >= 4 is 0 Å². The lowest BCUT2D eigenvalue weighted by atomic mass is 9.78. The maximum absolute atomic E-state index is 14.3. The van der Waals surface area contributed by atoms with Crippen molar-refractivity contribution in [3.63, 3.8) is 0 Å². The molecule has 1 unspecified atom stereocenters. The minimum Gasteiger partial charge on any atom is -0.311 e. The molecule has 1 atom stereocenters. The van der Waals surface area contributed by atoms with Gasteiger partial charge in [-0.2, -0.15) is 0 Å². The van der Waals surface area contributed by atoms with Gasteiger partial charge in [-0.3, -0.25) is 4.90 Å². The second kappa shape index (κ2) is 7.85. The van der Waals surface area contributed by atoms with Crippen molar-refractivity contribution in [3.8, 4) is 0 Å². The monoisotopic (exact) mass is 298 g/mol. The first kappa shape index (κ1) is 18.1. The van der Waals surface area contributed by atoms with Gasteiger partial charge in [0.2, 0.25) is 0 Å². The normalized spacial score (nSPS) is 13.7. The highest BCUT2D eigenvalue weighted by molar-refractivity contribution is 5.26. The smallest absolute Gasteiger partial charge is 0.163 e. The number of halogens is 2. The highest BCUT2D eigenvalue weighted by atomic mass is 19.2. The minimum absolute atomic E-state index is 0.229. The first-order chi connectivity index (χ1) is 10.0. The van der Waals surface area contributed by atoms with Crippen LogP contribution in [0.25, 0.3) is 0 Å². The zero-order valence-corrected chi connectivity index (χ0v) is 13.8. The molecule has 2 nitrogen and oxygen atoms in total. The summed E-state index contributed by atoms with van der Waals surface area (Å²) in [6.07, 6.45) is 1.74. The van der Waals surface area contributed by atoms with Gasteiger partial charge in [0.25, 0.3) is 0 Å². The van der Waals surface area contributed by atoms with E-state index < -0.39 is 11.6 Å². The SMILES string of the molecule is CCN(CC)C(CC)(CC)C(NC)c1cccc(F)c1F. The van der Waals surface area contributed by atoms with Crippen LogP contribution in [0, 0.1) is 11.6 Å². The quantitative estimate of drug-likeness (QED) is 0.776. The lowest BCUT2D eigenvalue weighted by Crippen LogP contribution is -2.55. The zero-order valence-electron chi connectivity index (χ0n) is 13.8. The second-order valence-electron chi connectivity index (χ2n) is 5.35. The van der Waals surface area contributed by atoms with Crippen molar-refractivity contribution in [2.75, 3.05) is 20.1 Å². The molecule has 0 saturated heterocycles. The highest BCUT2D eigenvalue weighted by Gasteiger charge is 2.41. The molecule has 0 aliphatic carbocycles. The number of benzene rings is 1. The average molecular weight is 298 g/mol. The van der Waals surface area contributed by atoms with Gasteiger partial charge < -0.3 is 5.32 Å². The largest absolute Gasteiger partial charge is 0.311 e. The Kier molecular flexibility index (Phi) is 6.75. The lowest BCUT2D eigenvalue weighted by molar-refractivity contribution is 0.0500. The van der Waals surface area contributed by atoms with Gasteiger partial charge in [0, 0.05) is 11.1 Å². The zero-order chi connectivity index (χ0) is 16.0. The summed E-state index contributed by atoms with van der Waals surface area (Å²) >= 11 is 0. The Morgan fingerprint density at radius 3 is 2.10 bits per heavy atom. The van der Waals surface area contributed by atoms with E-state index >= 15 is 0 Å². The van der Waals surface area contributed by atoms with Gasteiger partial charge >= 0.3 is 0 Å². The molecule has 1 N–H and O–H groups in total. The summed E-state index contributed by atoms with van der Waals surface area (Å²) in [4.78, 5) is 2.35. The summed E-state index contributed by atoms with van der Waals surface area (Å²) in [6, 6.07) is 4.19. The van der Waals surface area contributed by atoms with Crippen molar-refractivity contribution in [1.29, 1.82) is 0 Å². The van der Waals surface area contributed by atoms with Crippen LogP contribution in [0.3, 0.4) is 0 Å². The van der Waals surface area contributed by atoms with Gasteiger partial charge in [0.1, 0.15) is 0 Å². The van der Waals surface area contributed by atoms with Crippen LogP contribution in [0.5, 0.6) is 0 Å². The molecule has 4 heteroatoms. The molecule has 21 heavy (non-hydrogen) atoms. The standard InChI is InChI=1S/C17H28F2N2/c1-6-17(7-2,21(8-3)9-4)16(20-5)13-11-10-12-14(18)15(13)19/h10-12,16,20H,6-9H2,1-5H3. The number of hydrogen-bond acceptors (Lipinski definition) is 2. The third-order valence-corrected chi connectivity index (χ3v) is 4.74. The molecule has 0 heterocycles. The fraction of sp³-hybridized carbons (Fsp3) is 0.647. The first-order valence-electron chi connectivity index (χ1n) is 7.88. The van der Waals surface area contributed by atoms with Crippen LogP contribution in [0.2, 0.25) is 0 Å². The van der Waals surface area contributed by atoms with Crippen molar-refractivity contribution in [2.24, 2.45) is 0 Å². The van der Waals surface area contributed by atoms with Crippen molar-refractivity contribution < 1.29 is 8.78 Å². The fourth-order valence-electron chi connectivity index (χ4n) is 3.60. The number of nitrogens with one attached hydrogen (secondary N) is 1. The Hall–Kier alpha value is -1.00. The van der Waals surface area contributed by atoms with E-state index in [9.17, 15) is 8.78 Å². The van der Waals surface area contributed by atoms with Crippen LogP contribution in [0.1, 0.15) is 52.1 Å². The molecular weight excluding hydrogens is 270 g/mol. The number of rotatable bonds is 8. The van der Waals surface area contributed by atoms with Crippen molar-refractivity contribution in [1.82, 2.24) is 10.2 Å². The summed E-state index contributed by atoms with van der Waals surface area (Å²) < 4.78 is 27.9. The molecule has 1 aromatic rings. The van der Waals surface area contributed by atoms with E-state index in [1.807, 2.05) is 7.05 Å². The van der Waals surface area contributed by atoms with Gasteiger partial charge in [-0.1, -0.05) is 39.8 Å². The van der Waals surface area contributed by atoms with E-state index in [1.54, 1.807) is 12.1 Å².